The summed E-state index contributed by atoms with van der Waals surface area (Å²) in [4.78, 5) is 15.5. The van der Waals surface area contributed by atoms with E-state index in [9.17, 15) is 9.90 Å². The summed E-state index contributed by atoms with van der Waals surface area (Å²) in [6.07, 6.45) is 0. The number of carboxylic acid groups (broad SMARTS) is 1. The zero-order valence-electron chi connectivity index (χ0n) is 11.2. The van der Waals surface area contributed by atoms with Crippen molar-refractivity contribution in [1.29, 1.82) is 0 Å². The van der Waals surface area contributed by atoms with E-state index in [0.29, 0.717) is 18.1 Å². The second kappa shape index (κ2) is 5.14. The van der Waals surface area contributed by atoms with Crippen molar-refractivity contribution in [2.24, 2.45) is 0 Å². The van der Waals surface area contributed by atoms with Crippen LogP contribution in [0.1, 0.15) is 28.9 Å². The number of aromatic carboxylic acids is 1. The van der Waals surface area contributed by atoms with E-state index in [4.69, 9.17) is 4.74 Å². The molecule has 19 heavy (non-hydrogen) atoms. The van der Waals surface area contributed by atoms with E-state index < -0.39 is 5.97 Å². The smallest absolute Gasteiger partial charge is 0.354 e. The normalized spacial score (nSPS) is 10.5. The molecule has 0 saturated carbocycles. The van der Waals surface area contributed by atoms with Gasteiger partial charge >= 0.3 is 5.97 Å². The molecule has 5 nitrogen and oxygen atoms in total. The van der Waals surface area contributed by atoms with Crippen LogP contribution in [0.4, 0.5) is 0 Å². The average Bonchev–Trinajstić information content (AvgIpc) is 2.66. The van der Waals surface area contributed by atoms with Gasteiger partial charge in [-0.05, 0) is 45.0 Å². The van der Waals surface area contributed by atoms with E-state index in [1.54, 1.807) is 18.4 Å². The van der Waals surface area contributed by atoms with Crippen LogP contribution in [0.25, 0.3) is 5.69 Å². The highest BCUT2D eigenvalue weighted by Crippen LogP contribution is 2.21. The maximum Gasteiger partial charge on any atom is 0.354 e. The van der Waals surface area contributed by atoms with E-state index in [0.717, 1.165) is 11.4 Å². The first kappa shape index (κ1) is 13.1. The van der Waals surface area contributed by atoms with Gasteiger partial charge in [-0.1, -0.05) is 0 Å². The van der Waals surface area contributed by atoms with Gasteiger partial charge in [-0.25, -0.2) is 9.78 Å². The third kappa shape index (κ3) is 2.45. The Morgan fingerprint density at radius 3 is 2.47 bits per heavy atom. The molecule has 1 N–H and O–H groups in total. The van der Waals surface area contributed by atoms with Crippen molar-refractivity contribution in [2.45, 2.75) is 20.8 Å². The van der Waals surface area contributed by atoms with E-state index >= 15 is 0 Å². The van der Waals surface area contributed by atoms with Crippen molar-refractivity contribution in [1.82, 2.24) is 9.55 Å². The maximum atomic E-state index is 11.3. The predicted molar refractivity (Wildman–Crippen MR) is 71.2 cm³/mol. The third-order valence-electron chi connectivity index (χ3n) is 2.83. The summed E-state index contributed by atoms with van der Waals surface area (Å²) in [6.45, 7) is 6.00. The van der Waals surface area contributed by atoms with E-state index in [-0.39, 0.29) is 5.69 Å². The summed E-state index contributed by atoms with van der Waals surface area (Å²) in [6, 6.07) is 7.29. The van der Waals surface area contributed by atoms with Gasteiger partial charge in [0.25, 0.3) is 0 Å². The molecule has 2 rings (SSSR count). The molecule has 0 fully saturated rings. The Bertz CT molecular complexity index is 600. The molecule has 0 unspecified atom stereocenters. The maximum absolute atomic E-state index is 11.3. The fraction of sp³-hybridized carbons (Fsp3) is 0.286. The minimum absolute atomic E-state index is 0.196. The highest BCUT2D eigenvalue weighted by molar-refractivity contribution is 5.88. The summed E-state index contributed by atoms with van der Waals surface area (Å²) >= 11 is 0. The van der Waals surface area contributed by atoms with Crippen LogP contribution in [0.5, 0.6) is 5.75 Å². The third-order valence-corrected chi connectivity index (χ3v) is 2.83. The lowest BCUT2D eigenvalue weighted by atomic mass is 10.2. The zero-order valence-corrected chi connectivity index (χ0v) is 11.2. The number of aryl methyl sites for hydroxylation is 2. The average molecular weight is 260 g/mol. The Morgan fingerprint density at radius 1 is 1.32 bits per heavy atom. The fourth-order valence-corrected chi connectivity index (χ4v) is 2.09. The van der Waals surface area contributed by atoms with Crippen molar-refractivity contribution < 1.29 is 14.6 Å². The Labute approximate surface area is 111 Å². The molecule has 0 aliphatic rings. The quantitative estimate of drug-likeness (QED) is 0.917. The van der Waals surface area contributed by atoms with Gasteiger partial charge in [0.05, 0.1) is 12.3 Å². The van der Waals surface area contributed by atoms with Gasteiger partial charge in [0.1, 0.15) is 11.6 Å². The van der Waals surface area contributed by atoms with Gasteiger partial charge < -0.3 is 9.84 Å². The van der Waals surface area contributed by atoms with Gasteiger partial charge in [-0.15, -0.1) is 0 Å². The van der Waals surface area contributed by atoms with Crippen LogP contribution in [0, 0.1) is 13.8 Å². The van der Waals surface area contributed by atoms with Crippen molar-refractivity contribution in [3.8, 4) is 11.4 Å². The van der Waals surface area contributed by atoms with Gasteiger partial charge in [0, 0.05) is 5.69 Å². The first-order valence-electron chi connectivity index (χ1n) is 6.07. The molecule has 2 aromatic rings. The van der Waals surface area contributed by atoms with Gasteiger partial charge in [0.2, 0.25) is 0 Å². The lowest BCUT2D eigenvalue weighted by molar-refractivity contribution is 0.0687. The second-order valence-corrected chi connectivity index (χ2v) is 4.16. The Morgan fingerprint density at radius 2 is 1.95 bits per heavy atom. The van der Waals surface area contributed by atoms with E-state index in [1.807, 2.05) is 31.2 Å². The molecular weight excluding hydrogens is 244 g/mol. The van der Waals surface area contributed by atoms with Gasteiger partial charge in [0.15, 0.2) is 5.69 Å². The number of ether oxygens (including phenoxy) is 1. The molecular formula is C14H16N2O3. The van der Waals surface area contributed by atoms with Crippen LogP contribution in [0.2, 0.25) is 0 Å². The summed E-state index contributed by atoms with van der Waals surface area (Å²) < 4.78 is 7.00. The molecule has 5 heteroatoms. The van der Waals surface area contributed by atoms with Crippen LogP contribution < -0.4 is 4.74 Å². The first-order valence-corrected chi connectivity index (χ1v) is 6.07. The summed E-state index contributed by atoms with van der Waals surface area (Å²) in [7, 11) is 0. The number of aromatic nitrogens is 2. The molecule has 0 aliphatic heterocycles. The van der Waals surface area contributed by atoms with Crippen LogP contribution in [-0.2, 0) is 0 Å². The minimum atomic E-state index is -0.980. The summed E-state index contributed by atoms with van der Waals surface area (Å²) in [5.41, 5.74) is 1.47. The Hall–Kier alpha value is -2.30. The number of benzene rings is 1. The molecule has 0 amide bonds. The first-order chi connectivity index (χ1) is 9.04. The van der Waals surface area contributed by atoms with Crippen molar-refractivity contribution in [3.05, 3.63) is 41.5 Å². The number of hydrogen-bond acceptors (Lipinski definition) is 3. The predicted octanol–water partition coefficient (Wildman–Crippen LogP) is 2.59. The molecule has 1 aromatic heterocycles. The van der Waals surface area contributed by atoms with Crippen molar-refractivity contribution in [3.63, 3.8) is 0 Å². The van der Waals surface area contributed by atoms with Gasteiger partial charge in [-0.3, -0.25) is 4.57 Å². The Balaban J connectivity index is 2.49. The number of carbonyl (C=O) groups is 1. The molecule has 0 saturated heterocycles. The van der Waals surface area contributed by atoms with E-state index in [2.05, 4.69) is 4.98 Å². The van der Waals surface area contributed by atoms with Crippen molar-refractivity contribution >= 4 is 5.97 Å². The van der Waals surface area contributed by atoms with Crippen LogP contribution >= 0.6 is 0 Å². The lowest BCUT2D eigenvalue weighted by Crippen LogP contribution is -2.09. The monoisotopic (exact) mass is 260 g/mol. The molecule has 0 radical (unpaired) electrons. The highest BCUT2D eigenvalue weighted by atomic mass is 16.5. The standard InChI is InChI=1S/C14H16N2O3/c1-4-19-12-7-5-11(6-8-12)16-10(3)15-9(2)13(16)14(17)18/h5-8H,4H2,1-3H3,(H,17,18). The molecule has 1 heterocycles. The largest absolute Gasteiger partial charge is 0.494 e. The molecule has 0 spiro atoms. The van der Waals surface area contributed by atoms with E-state index in [1.165, 1.54) is 0 Å². The second-order valence-electron chi connectivity index (χ2n) is 4.16. The molecule has 0 bridgehead atoms. The number of imidazole rings is 1. The topological polar surface area (TPSA) is 64.4 Å². The number of rotatable bonds is 4. The zero-order chi connectivity index (χ0) is 14.0. The SMILES string of the molecule is CCOc1ccc(-n2c(C)nc(C)c2C(=O)O)cc1. The van der Waals surface area contributed by atoms with Crippen LogP contribution in [0.15, 0.2) is 24.3 Å². The van der Waals surface area contributed by atoms with Crippen LogP contribution in [0.3, 0.4) is 0 Å². The molecule has 0 aliphatic carbocycles. The van der Waals surface area contributed by atoms with Crippen LogP contribution in [-0.4, -0.2) is 27.2 Å². The summed E-state index contributed by atoms with van der Waals surface area (Å²) in [5.74, 6) is 0.434. The molecule has 0 atom stereocenters. The summed E-state index contributed by atoms with van der Waals surface area (Å²) in [5, 5.41) is 9.27. The number of hydrogen-bond donors (Lipinski definition) is 1. The number of carboxylic acids is 1. The number of nitrogens with zero attached hydrogens (tertiary/aromatic N) is 2. The highest BCUT2D eigenvalue weighted by Gasteiger charge is 2.18. The molecule has 1 aromatic carbocycles. The Kier molecular flexibility index (Phi) is 3.55. The van der Waals surface area contributed by atoms with Gasteiger partial charge in [-0.2, -0.15) is 0 Å². The molecule has 100 valence electrons. The lowest BCUT2D eigenvalue weighted by Gasteiger charge is -2.09. The minimum Gasteiger partial charge on any atom is -0.494 e. The fourth-order valence-electron chi connectivity index (χ4n) is 2.09. The van der Waals surface area contributed by atoms with Crippen molar-refractivity contribution in [2.75, 3.05) is 6.61 Å².